The maximum atomic E-state index is 6.57. The fraction of sp³-hybridized carbons (Fsp3) is 0.300. The molecule has 0 radical (unpaired) electrons. The van der Waals surface area contributed by atoms with E-state index in [2.05, 4.69) is 57.0 Å². The van der Waals surface area contributed by atoms with Gasteiger partial charge in [0.2, 0.25) is 0 Å². The van der Waals surface area contributed by atoms with Crippen LogP contribution in [0.2, 0.25) is 0 Å². The van der Waals surface area contributed by atoms with Gasteiger partial charge in [0, 0.05) is 34.9 Å². The highest BCUT2D eigenvalue weighted by atomic mass is 15.3. The van der Waals surface area contributed by atoms with Crippen LogP contribution in [0.5, 0.6) is 0 Å². The number of aromatic nitrogens is 3. The standard InChI is InChI=1S/C20H23N7/c1-12-2-5-16-14(6-8-22-16)15(12)11-24-19-23-9-7-20(21,25-19)18-10-17(26-27-18)13-3-4-13/h2,5-10,13,22H,3-4,11,21H2,1H3,(H,26,27)(H2,23,24,25). The first-order chi connectivity index (χ1) is 13.1. The maximum absolute atomic E-state index is 6.57. The molecular weight excluding hydrogens is 338 g/mol. The van der Waals surface area contributed by atoms with Crippen molar-refractivity contribution < 1.29 is 0 Å². The molecule has 7 nitrogen and oxygen atoms in total. The summed E-state index contributed by atoms with van der Waals surface area (Å²) in [6.45, 7) is 2.67. The molecular formula is C20H23N7. The lowest BCUT2D eigenvalue weighted by Gasteiger charge is -2.30. The topological polar surface area (TPSA) is 107 Å². The van der Waals surface area contributed by atoms with Crippen LogP contribution in [0.25, 0.3) is 10.9 Å². The fourth-order valence-corrected chi connectivity index (χ4v) is 3.59. The van der Waals surface area contributed by atoms with E-state index < -0.39 is 5.66 Å². The summed E-state index contributed by atoms with van der Waals surface area (Å²) in [7, 11) is 0. The molecule has 0 spiro atoms. The van der Waals surface area contributed by atoms with Crippen LogP contribution in [0.1, 0.15) is 41.3 Å². The number of rotatable bonds is 4. The molecule has 3 heterocycles. The predicted molar refractivity (Wildman–Crippen MR) is 106 cm³/mol. The van der Waals surface area contributed by atoms with Gasteiger partial charge in [-0.05, 0) is 55.2 Å². The molecule has 1 fully saturated rings. The lowest BCUT2D eigenvalue weighted by Crippen LogP contribution is -2.57. The average Bonchev–Trinajstić information content (AvgIpc) is 3.18. The molecule has 2 aliphatic rings. The van der Waals surface area contributed by atoms with Gasteiger partial charge in [0.25, 0.3) is 0 Å². The summed E-state index contributed by atoms with van der Waals surface area (Å²) in [6, 6.07) is 8.37. The zero-order valence-corrected chi connectivity index (χ0v) is 15.2. The molecule has 0 bridgehead atoms. The second kappa shape index (κ2) is 5.99. The highest BCUT2D eigenvalue weighted by molar-refractivity contribution is 5.86. The third-order valence-electron chi connectivity index (χ3n) is 5.41. The molecule has 1 aromatic carbocycles. The highest BCUT2D eigenvalue weighted by Crippen LogP contribution is 2.39. The number of hydrogen-bond acceptors (Lipinski definition) is 3. The molecule has 1 aliphatic heterocycles. The number of nitrogens with two attached hydrogens (primary N) is 1. The van der Waals surface area contributed by atoms with E-state index in [-0.39, 0.29) is 0 Å². The quantitative estimate of drug-likeness (QED) is 0.492. The van der Waals surface area contributed by atoms with Crippen LogP contribution in [-0.4, -0.2) is 21.1 Å². The number of H-pyrrole nitrogens is 2. The second-order valence-electron chi connectivity index (χ2n) is 7.42. The number of fused-ring (bicyclic) bond motifs is 1. The van der Waals surface area contributed by atoms with Gasteiger partial charge in [0.05, 0.1) is 6.54 Å². The minimum Gasteiger partial charge on any atom is -0.361 e. The summed E-state index contributed by atoms with van der Waals surface area (Å²) in [5, 5.41) is 15.2. The van der Waals surface area contributed by atoms with Gasteiger partial charge in [-0.25, -0.2) is 4.99 Å². The van der Waals surface area contributed by atoms with E-state index in [1.807, 2.05) is 18.5 Å². The van der Waals surface area contributed by atoms with Gasteiger partial charge >= 0.3 is 0 Å². The van der Waals surface area contributed by atoms with Gasteiger partial charge in [-0.15, -0.1) is 0 Å². The first-order valence-electron chi connectivity index (χ1n) is 9.29. The normalized spacial score (nSPS) is 23.6. The molecule has 1 atom stereocenters. The van der Waals surface area contributed by atoms with Crippen molar-refractivity contribution in [1.29, 1.82) is 0 Å². The van der Waals surface area contributed by atoms with Crippen LogP contribution in [0.3, 0.4) is 0 Å². The summed E-state index contributed by atoms with van der Waals surface area (Å²) in [6.07, 6.45) is 8.10. The largest absolute Gasteiger partial charge is 0.361 e. The molecule has 5 rings (SSSR count). The van der Waals surface area contributed by atoms with Crippen molar-refractivity contribution >= 4 is 16.9 Å². The van der Waals surface area contributed by atoms with Crippen molar-refractivity contribution in [2.75, 3.05) is 0 Å². The molecule has 1 aliphatic carbocycles. The summed E-state index contributed by atoms with van der Waals surface area (Å²) >= 11 is 0. The Balaban J connectivity index is 1.39. The van der Waals surface area contributed by atoms with Crippen molar-refractivity contribution in [2.24, 2.45) is 10.7 Å². The predicted octanol–water partition coefficient (Wildman–Crippen LogP) is 2.45. The zero-order chi connectivity index (χ0) is 18.4. The van der Waals surface area contributed by atoms with Gasteiger partial charge < -0.3 is 21.4 Å². The number of nitrogens with zero attached hydrogens (tertiary/aromatic N) is 2. The Kier molecular flexibility index (Phi) is 3.58. The van der Waals surface area contributed by atoms with Crippen LogP contribution >= 0.6 is 0 Å². The minimum atomic E-state index is -0.872. The Morgan fingerprint density at radius 2 is 2.19 bits per heavy atom. The third-order valence-corrected chi connectivity index (χ3v) is 5.41. The van der Waals surface area contributed by atoms with E-state index in [4.69, 9.17) is 10.7 Å². The number of guanidine groups is 1. The summed E-state index contributed by atoms with van der Waals surface area (Å²) in [4.78, 5) is 7.98. The number of aromatic amines is 2. The van der Waals surface area contributed by atoms with E-state index in [0.29, 0.717) is 18.4 Å². The van der Waals surface area contributed by atoms with Gasteiger partial charge in [-0.1, -0.05) is 6.07 Å². The van der Waals surface area contributed by atoms with Crippen molar-refractivity contribution in [3.05, 3.63) is 65.3 Å². The molecule has 0 saturated heterocycles. The van der Waals surface area contributed by atoms with E-state index in [0.717, 1.165) is 16.9 Å². The Bertz CT molecular complexity index is 1050. The van der Waals surface area contributed by atoms with Crippen molar-refractivity contribution in [3.8, 4) is 0 Å². The average molecular weight is 361 g/mol. The first-order valence-corrected chi connectivity index (χ1v) is 9.29. The van der Waals surface area contributed by atoms with Gasteiger partial charge in [0.1, 0.15) is 5.69 Å². The molecule has 1 saturated carbocycles. The van der Waals surface area contributed by atoms with E-state index in [1.54, 1.807) is 0 Å². The molecule has 7 heteroatoms. The van der Waals surface area contributed by atoms with Gasteiger partial charge in [-0.2, -0.15) is 5.10 Å². The monoisotopic (exact) mass is 361 g/mol. The van der Waals surface area contributed by atoms with Crippen molar-refractivity contribution in [3.63, 3.8) is 0 Å². The minimum absolute atomic E-state index is 0.564. The molecule has 0 amide bonds. The van der Waals surface area contributed by atoms with Crippen LogP contribution in [-0.2, 0) is 12.2 Å². The second-order valence-corrected chi connectivity index (χ2v) is 7.42. The maximum Gasteiger partial charge on any atom is 0.197 e. The molecule has 138 valence electrons. The van der Waals surface area contributed by atoms with Crippen molar-refractivity contribution in [2.45, 2.75) is 37.9 Å². The lowest BCUT2D eigenvalue weighted by atomic mass is 10.0. The summed E-state index contributed by atoms with van der Waals surface area (Å²) in [5.74, 6) is 1.25. The number of aliphatic imine (C=N–C) groups is 1. The fourth-order valence-electron chi connectivity index (χ4n) is 3.59. The Hall–Kier alpha value is -3.06. The Labute approximate surface area is 157 Å². The Morgan fingerprint density at radius 1 is 1.30 bits per heavy atom. The molecule has 2 aromatic heterocycles. The van der Waals surface area contributed by atoms with Crippen LogP contribution in [0.15, 0.2) is 47.7 Å². The SMILES string of the molecule is Cc1ccc2[nH]ccc2c1CN=C1NC=CC(N)(c2cc(C3CC3)[nH]n2)N1. The first kappa shape index (κ1) is 16.1. The van der Waals surface area contributed by atoms with Gasteiger partial charge in [0.15, 0.2) is 11.6 Å². The summed E-state index contributed by atoms with van der Waals surface area (Å²) < 4.78 is 0. The molecule has 6 N–H and O–H groups in total. The molecule has 1 unspecified atom stereocenters. The van der Waals surface area contributed by atoms with E-state index in [1.165, 1.54) is 29.4 Å². The van der Waals surface area contributed by atoms with Crippen LogP contribution in [0, 0.1) is 6.92 Å². The number of aryl methyl sites for hydroxylation is 1. The molecule has 3 aromatic rings. The number of benzene rings is 1. The van der Waals surface area contributed by atoms with Gasteiger partial charge in [-0.3, -0.25) is 5.10 Å². The number of nitrogens with one attached hydrogen (secondary N) is 4. The highest BCUT2D eigenvalue weighted by Gasteiger charge is 2.33. The number of hydrogen-bond donors (Lipinski definition) is 5. The van der Waals surface area contributed by atoms with Crippen LogP contribution < -0.4 is 16.4 Å². The third kappa shape index (κ3) is 2.90. The molecule has 27 heavy (non-hydrogen) atoms. The van der Waals surface area contributed by atoms with Crippen molar-refractivity contribution in [1.82, 2.24) is 25.8 Å². The van der Waals surface area contributed by atoms with Crippen LogP contribution in [0.4, 0.5) is 0 Å². The Morgan fingerprint density at radius 3 is 3.04 bits per heavy atom. The van der Waals surface area contributed by atoms with E-state index >= 15 is 0 Å². The van der Waals surface area contributed by atoms with E-state index in [9.17, 15) is 0 Å². The smallest absolute Gasteiger partial charge is 0.197 e. The zero-order valence-electron chi connectivity index (χ0n) is 15.2. The lowest BCUT2D eigenvalue weighted by molar-refractivity contribution is 0.483. The summed E-state index contributed by atoms with van der Waals surface area (Å²) in [5.41, 5.74) is 11.2.